The van der Waals surface area contributed by atoms with Crippen LogP contribution in [0.25, 0.3) is 10.9 Å². The molecule has 0 bridgehead atoms. The predicted octanol–water partition coefficient (Wildman–Crippen LogP) is 2.64. The number of aliphatic hydroxyl groups is 2. The molecule has 5 heteroatoms. The van der Waals surface area contributed by atoms with Crippen LogP contribution in [0, 0.1) is 5.82 Å². The van der Waals surface area contributed by atoms with Crippen LogP contribution in [-0.2, 0) is 16.7 Å². The van der Waals surface area contributed by atoms with Crippen molar-refractivity contribution >= 4 is 10.9 Å². The second-order valence-electron chi connectivity index (χ2n) is 7.36. The maximum absolute atomic E-state index is 14.5. The van der Waals surface area contributed by atoms with Gasteiger partial charge in [0.25, 0.3) is 0 Å². The van der Waals surface area contributed by atoms with Crippen LogP contribution in [0.1, 0.15) is 43.9 Å². The molecule has 0 spiro atoms. The van der Waals surface area contributed by atoms with Crippen LogP contribution >= 0.6 is 0 Å². The standard InChI is InChI=1S/C18H22FNO3/c1-18(2)16-6-11-5-13(10-3-4-10)14(19)7-15(11)20(16)8-12(9-21)23-17(18)22/h5-7,10,12,17,21-22H,3-4,8-9H2,1-2H3/t12-,17?/m1/s1. The molecule has 2 heterocycles. The van der Waals surface area contributed by atoms with Crippen molar-refractivity contribution in [3.05, 3.63) is 35.3 Å². The van der Waals surface area contributed by atoms with E-state index >= 15 is 0 Å². The molecule has 1 aromatic heterocycles. The maximum atomic E-state index is 14.5. The fourth-order valence-electron chi connectivity index (χ4n) is 3.57. The van der Waals surface area contributed by atoms with E-state index in [-0.39, 0.29) is 12.4 Å². The first-order chi connectivity index (χ1) is 10.9. The summed E-state index contributed by atoms with van der Waals surface area (Å²) in [5, 5.41) is 20.9. The van der Waals surface area contributed by atoms with E-state index < -0.39 is 17.8 Å². The maximum Gasteiger partial charge on any atom is 0.165 e. The van der Waals surface area contributed by atoms with E-state index in [1.54, 1.807) is 6.07 Å². The highest BCUT2D eigenvalue weighted by atomic mass is 19.1. The summed E-state index contributed by atoms with van der Waals surface area (Å²) in [4.78, 5) is 0. The Balaban J connectivity index is 1.93. The number of aliphatic hydroxyl groups excluding tert-OH is 2. The van der Waals surface area contributed by atoms with Gasteiger partial charge in [0.1, 0.15) is 11.9 Å². The number of halogens is 1. The topological polar surface area (TPSA) is 54.6 Å². The van der Waals surface area contributed by atoms with Gasteiger partial charge < -0.3 is 19.5 Å². The Labute approximate surface area is 134 Å². The number of aromatic nitrogens is 1. The third-order valence-electron chi connectivity index (χ3n) is 5.23. The quantitative estimate of drug-likeness (QED) is 0.895. The van der Waals surface area contributed by atoms with Gasteiger partial charge in [0.15, 0.2) is 6.29 Å². The molecule has 2 aliphatic rings. The predicted molar refractivity (Wildman–Crippen MR) is 84.9 cm³/mol. The number of fused-ring (bicyclic) bond motifs is 3. The zero-order valence-corrected chi connectivity index (χ0v) is 13.4. The lowest BCUT2D eigenvalue weighted by molar-refractivity contribution is -0.173. The van der Waals surface area contributed by atoms with Crippen molar-refractivity contribution in [2.75, 3.05) is 6.61 Å². The van der Waals surface area contributed by atoms with E-state index in [2.05, 4.69) is 0 Å². The monoisotopic (exact) mass is 319 g/mol. The zero-order chi connectivity index (χ0) is 16.4. The van der Waals surface area contributed by atoms with Crippen molar-refractivity contribution in [3.8, 4) is 0 Å². The molecule has 1 fully saturated rings. The van der Waals surface area contributed by atoms with E-state index in [0.29, 0.717) is 12.5 Å². The van der Waals surface area contributed by atoms with Crippen LogP contribution in [0.5, 0.6) is 0 Å². The first kappa shape index (κ1) is 15.1. The van der Waals surface area contributed by atoms with E-state index in [1.807, 2.05) is 30.5 Å². The van der Waals surface area contributed by atoms with Crippen LogP contribution < -0.4 is 0 Å². The highest BCUT2D eigenvalue weighted by molar-refractivity contribution is 5.83. The molecule has 0 saturated heterocycles. The number of ether oxygens (including phenoxy) is 1. The summed E-state index contributed by atoms with van der Waals surface area (Å²) in [5.41, 5.74) is 1.86. The minimum absolute atomic E-state index is 0.162. The minimum Gasteiger partial charge on any atom is -0.394 e. The molecule has 1 aromatic carbocycles. The molecule has 0 radical (unpaired) electrons. The second-order valence-corrected chi connectivity index (χ2v) is 7.36. The SMILES string of the molecule is CC1(C)c2cc3cc(C4CC4)c(F)cc3n2C[C@H](CO)OC1O. The Hall–Kier alpha value is -1.43. The van der Waals surface area contributed by atoms with Gasteiger partial charge in [0, 0.05) is 11.1 Å². The summed E-state index contributed by atoms with van der Waals surface area (Å²) < 4.78 is 22.0. The number of hydrogen-bond donors (Lipinski definition) is 2. The smallest absolute Gasteiger partial charge is 0.165 e. The van der Waals surface area contributed by atoms with E-state index in [1.165, 1.54) is 0 Å². The number of hydrogen-bond acceptors (Lipinski definition) is 3. The Morgan fingerprint density at radius 3 is 2.70 bits per heavy atom. The van der Waals surface area contributed by atoms with E-state index in [4.69, 9.17) is 4.74 Å². The molecule has 0 amide bonds. The van der Waals surface area contributed by atoms with Gasteiger partial charge >= 0.3 is 0 Å². The molecule has 4 rings (SSSR count). The van der Waals surface area contributed by atoms with Crippen molar-refractivity contribution < 1.29 is 19.3 Å². The van der Waals surface area contributed by atoms with Crippen molar-refractivity contribution in [2.24, 2.45) is 0 Å². The summed E-state index contributed by atoms with van der Waals surface area (Å²) in [7, 11) is 0. The Bertz CT molecular complexity index is 763. The van der Waals surface area contributed by atoms with Crippen molar-refractivity contribution in [3.63, 3.8) is 0 Å². The van der Waals surface area contributed by atoms with Gasteiger partial charge in [-0.1, -0.05) is 0 Å². The average molecular weight is 319 g/mol. The third-order valence-corrected chi connectivity index (χ3v) is 5.23. The van der Waals surface area contributed by atoms with Crippen molar-refractivity contribution in [1.82, 2.24) is 4.57 Å². The van der Waals surface area contributed by atoms with Crippen LogP contribution in [0.2, 0.25) is 0 Å². The van der Waals surface area contributed by atoms with Crippen molar-refractivity contribution in [2.45, 2.75) is 57.0 Å². The van der Waals surface area contributed by atoms with Crippen LogP contribution in [0.15, 0.2) is 18.2 Å². The summed E-state index contributed by atoms with van der Waals surface area (Å²) in [6.45, 7) is 4.02. The lowest BCUT2D eigenvalue weighted by Gasteiger charge is -2.29. The molecule has 1 unspecified atom stereocenters. The molecule has 2 aromatic rings. The number of benzene rings is 1. The fraction of sp³-hybridized carbons (Fsp3) is 0.556. The summed E-state index contributed by atoms with van der Waals surface area (Å²) in [6, 6.07) is 5.56. The molecule has 1 saturated carbocycles. The van der Waals surface area contributed by atoms with Gasteiger partial charge in [-0.05, 0) is 56.4 Å². The Morgan fingerprint density at radius 1 is 1.30 bits per heavy atom. The number of rotatable bonds is 2. The summed E-state index contributed by atoms with van der Waals surface area (Å²) in [5.74, 6) is 0.191. The molecule has 2 atom stereocenters. The van der Waals surface area contributed by atoms with Gasteiger partial charge in [-0.2, -0.15) is 0 Å². The van der Waals surface area contributed by atoms with Crippen LogP contribution in [0.3, 0.4) is 0 Å². The lowest BCUT2D eigenvalue weighted by Crippen LogP contribution is -2.37. The van der Waals surface area contributed by atoms with E-state index in [9.17, 15) is 14.6 Å². The largest absolute Gasteiger partial charge is 0.394 e. The zero-order valence-electron chi connectivity index (χ0n) is 13.4. The van der Waals surface area contributed by atoms with Gasteiger partial charge in [0.05, 0.1) is 24.1 Å². The summed E-state index contributed by atoms with van der Waals surface area (Å²) in [6.07, 6.45) is 0.589. The highest BCUT2D eigenvalue weighted by Crippen LogP contribution is 2.44. The van der Waals surface area contributed by atoms with Gasteiger partial charge in [-0.15, -0.1) is 0 Å². The minimum atomic E-state index is -1.02. The Morgan fingerprint density at radius 2 is 2.04 bits per heavy atom. The summed E-state index contributed by atoms with van der Waals surface area (Å²) >= 11 is 0. The normalized spacial score (nSPS) is 27.0. The lowest BCUT2D eigenvalue weighted by atomic mass is 9.88. The molecule has 124 valence electrons. The molecule has 2 N–H and O–H groups in total. The highest BCUT2D eigenvalue weighted by Gasteiger charge is 2.39. The second kappa shape index (κ2) is 5.03. The average Bonchev–Trinajstić information content (AvgIpc) is 3.29. The van der Waals surface area contributed by atoms with Gasteiger partial charge in [-0.25, -0.2) is 4.39 Å². The Kier molecular flexibility index (Phi) is 3.31. The van der Waals surface area contributed by atoms with Gasteiger partial charge in [0.2, 0.25) is 0 Å². The van der Waals surface area contributed by atoms with E-state index in [0.717, 1.165) is 35.0 Å². The molecule has 1 aliphatic heterocycles. The first-order valence-electron chi connectivity index (χ1n) is 8.19. The van der Waals surface area contributed by atoms with Crippen LogP contribution in [0.4, 0.5) is 4.39 Å². The molecular formula is C18H22FNO3. The fourth-order valence-corrected chi connectivity index (χ4v) is 3.57. The first-order valence-corrected chi connectivity index (χ1v) is 8.19. The van der Waals surface area contributed by atoms with Crippen LogP contribution in [-0.4, -0.2) is 33.8 Å². The molecular weight excluding hydrogens is 297 g/mol. The third kappa shape index (κ3) is 2.30. The van der Waals surface area contributed by atoms with Crippen molar-refractivity contribution in [1.29, 1.82) is 0 Å². The molecule has 4 nitrogen and oxygen atoms in total. The molecule has 1 aliphatic carbocycles. The number of nitrogens with zero attached hydrogens (tertiary/aromatic N) is 1. The van der Waals surface area contributed by atoms with Gasteiger partial charge in [-0.3, -0.25) is 0 Å². The molecule has 23 heavy (non-hydrogen) atoms.